The number of hydrogen-bond donors (Lipinski definition) is 1. The third-order valence-corrected chi connectivity index (χ3v) is 2.39. The van der Waals surface area contributed by atoms with Crippen molar-refractivity contribution in [1.82, 2.24) is 10.5 Å². The number of hydrogen-bond acceptors (Lipinski definition) is 5. The summed E-state index contributed by atoms with van der Waals surface area (Å²) in [7, 11) is 0. The van der Waals surface area contributed by atoms with Gasteiger partial charge < -0.3 is 14.6 Å². The van der Waals surface area contributed by atoms with Crippen molar-refractivity contribution < 1.29 is 18.8 Å². The third kappa shape index (κ3) is 4.08. The number of ether oxygens (including phenoxy) is 1. The first-order chi connectivity index (χ1) is 8.61. The molecule has 1 N–H and O–H groups in total. The van der Waals surface area contributed by atoms with E-state index in [0.717, 1.165) is 0 Å². The van der Waals surface area contributed by atoms with Crippen LogP contribution in [0.5, 0.6) is 0 Å². The molecule has 1 aromatic rings. The topological polar surface area (TPSA) is 81.4 Å². The Balaban J connectivity index is 2.70. The maximum atomic E-state index is 11.9. The first-order valence-electron chi connectivity index (χ1n) is 6.07. The lowest BCUT2D eigenvalue weighted by atomic mass is 10.1. The van der Waals surface area contributed by atoms with Crippen LogP contribution in [0.1, 0.15) is 49.5 Å². The first-order valence-corrected chi connectivity index (χ1v) is 6.07. The van der Waals surface area contributed by atoms with E-state index in [1.54, 1.807) is 13.8 Å². The molecule has 0 saturated heterocycles. The van der Waals surface area contributed by atoms with Crippen molar-refractivity contribution in [1.29, 1.82) is 0 Å². The van der Waals surface area contributed by atoms with Gasteiger partial charge in [0.05, 0.1) is 5.69 Å². The van der Waals surface area contributed by atoms with Gasteiger partial charge in [0, 0.05) is 5.54 Å². The highest BCUT2D eigenvalue weighted by Gasteiger charge is 2.26. The van der Waals surface area contributed by atoms with Gasteiger partial charge in [0.1, 0.15) is 11.3 Å². The molecule has 0 aliphatic rings. The van der Waals surface area contributed by atoms with Gasteiger partial charge in [-0.15, -0.1) is 0 Å². The molecule has 19 heavy (non-hydrogen) atoms. The van der Waals surface area contributed by atoms with Crippen LogP contribution in [-0.4, -0.2) is 28.7 Å². The number of esters is 1. The van der Waals surface area contributed by atoms with Gasteiger partial charge in [-0.1, -0.05) is 5.16 Å². The summed E-state index contributed by atoms with van der Waals surface area (Å²) in [5.41, 5.74) is 0.349. The number of carbonyl (C=O) groups excluding carboxylic acids is 2. The van der Waals surface area contributed by atoms with Gasteiger partial charge in [-0.25, -0.2) is 4.79 Å². The van der Waals surface area contributed by atoms with Crippen LogP contribution in [0.15, 0.2) is 4.52 Å². The molecule has 0 fully saturated rings. The van der Waals surface area contributed by atoms with Crippen LogP contribution in [0.3, 0.4) is 0 Å². The molecule has 0 bridgehead atoms. The minimum absolute atomic E-state index is 0.274. The average molecular weight is 268 g/mol. The van der Waals surface area contributed by atoms with E-state index in [0.29, 0.717) is 11.5 Å². The normalized spacial score (nSPS) is 12.9. The molecule has 6 nitrogen and oxygen atoms in total. The maximum Gasteiger partial charge on any atom is 0.344 e. The van der Waals surface area contributed by atoms with E-state index in [9.17, 15) is 9.59 Å². The zero-order valence-corrected chi connectivity index (χ0v) is 12.2. The molecule has 1 heterocycles. The lowest BCUT2D eigenvalue weighted by Gasteiger charge is -2.23. The summed E-state index contributed by atoms with van der Waals surface area (Å²) < 4.78 is 10.0. The van der Waals surface area contributed by atoms with Gasteiger partial charge in [-0.3, -0.25) is 4.79 Å². The molecule has 0 aliphatic carbocycles. The zero-order valence-electron chi connectivity index (χ0n) is 12.2. The number of carbonyl (C=O) groups is 2. The Morgan fingerprint density at radius 2 is 1.89 bits per heavy atom. The van der Waals surface area contributed by atoms with E-state index >= 15 is 0 Å². The van der Waals surface area contributed by atoms with Crippen molar-refractivity contribution in [2.45, 2.75) is 53.2 Å². The average Bonchev–Trinajstić information content (AvgIpc) is 2.55. The Morgan fingerprint density at radius 1 is 1.32 bits per heavy atom. The van der Waals surface area contributed by atoms with E-state index in [-0.39, 0.29) is 17.0 Å². The van der Waals surface area contributed by atoms with Crippen LogP contribution in [-0.2, 0) is 9.53 Å². The molecule has 0 aromatic carbocycles. The van der Waals surface area contributed by atoms with Crippen molar-refractivity contribution in [2.24, 2.45) is 0 Å². The molecule has 1 atom stereocenters. The van der Waals surface area contributed by atoms with E-state index in [4.69, 9.17) is 9.26 Å². The second-order valence-corrected chi connectivity index (χ2v) is 5.49. The molecule has 0 unspecified atom stereocenters. The van der Waals surface area contributed by atoms with E-state index in [1.165, 1.54) is 6.92 Å². The standard InChI is InChI=1S/C13H20N2O4/c1-7-10(8(2)19-15-7)12(17)18-9(3)11(16)14-13(4,5)6/h9H,1-6H3,(H,14,16)/t9-/m0/s1. The summed E-state index contributed by atoms with van der Waals surface area (Å²) in [5.74, 6) is -0.564. The van der Waals surface area contributed by atoms with Crippen molar-refractivity contribution in [3.63, 3.8) is 0 Å². The van der Waals surface area contributed by atoms with Crippen molar-refractivity contribution in [3.05, 3.63) is 17.0 Å². The lowest BCUT2D eigenvalue weighted by molar-refractivity contribution is -0.130. The second-order valence-electron chi connectivity index (χ2n) is 5.49. The number of aromatic nitrogens is 1. The summed E-state index contributed by atoms with van der Waals surface area (Å²) in [6.45, 7) is 10.4. The molecule has 106 valence electrons. The van der Waals surface area contributed by atoms with Gasteiger partial charge in [-0.05, 0) is 41.5 Å². The van der Waals surface area contributed by atoms with Crippen LogP contribution in [0, 0.1) is 13.8 Å². The fourth-order valence-electron chi connectivity index (χ4n) is 1.52. The van der Waals surface area contributed by atoms with Gasteiger partial charge >= 0.3 is 5.97 Å². The highest BCUT2D eigenvalue weighted by atomic mass is 16.5. The van der Waals surface area contributed by atoms with Gasteiger partial charge in [0.15, 0.2) is 6.10 Å². The highest BCUT2D eigenvalue weighted by Crippen LogP contribution is 2.14. The second kappa shape index (κ2) is 5.42. The lowest BCUT2D eigenvalue weighted by Crippen LogP contribution is -2.46. The van der Waals surface area contributed by atoms with E-state index in [2.05, 4.69) is 10.5 Å². The molecule has 6 heteroatoms. The summed E-state index contributed by atoms with van der Waals surface area (Å²) in [6, 6.07) is 0. The molecule has 0 saturated carbocycles. The molecule has 0 spiro atoms. The minimum atomic E-state index is -0.875. The Hall–Kier alpha value is -1.85. The molecule has 0 radical (unpaired) electrons. The summed E-state index contributed by atoms with van der Waals surface area (Å²) in [5, 5.41) is 6.42. The van der Waals surface area contributed by atoms with Crippen LogP contribution in [0.2, 0.25) is 0 Å². The Bertz CT molecular complexity index is 466. The quantitative estimate of drug-likeness (QED) is 0.845. The number of aryl methyl sites for hydroxylation is 2. The Labute approximate surface area is 112 Å². The molecular weight excluding hydrogens is 248 g/mol. The third-order valence-electron chi connectivity index (χ3n) is 2.39. The van der Waals surface area contributed by atoms with E-state index in [1.807, 2.05) is 20.8 Å². The van der Waals surface area contributed by atoms with E-state index < -0.39 is 12.1 Å². The van der Waals surface area contributed by atoms with Gasteiger partial charge in [-0.2, -0.15) is 0 Å². The molecule has 1 rings (SSSR count). The largest absolute Gasteiger partial charge is 0.449 e. The number of nitrogens with zero attached hydrogens (tertiary/aromatic N) is 1. The smallest absolute Gasteiger partial charge is 0.344 e. The monoisotopic (exact) mass is 268 g/mol. The van der Waals surface area contributed by atoms with Crippen LogP contribution >= 0.6 is 0 Å². The van der Waals surface area contributed by atoms with Gasteiger partial charge in [0.25, 0.3) is 5.91 Å². The fourth-order valence-corrected chi connectivity index (χ4v) is 1.52. The number of nitrogens with one attached hydrogen (secondary N) is 1. The molecule has 1 aromatic heterocycles. The Kier molecular flexibility index (Phi) is 4.34. The van der Waals surface area contributed by atoms with Crippen molar-refractivity contribution in [2.75, 3.05) is 0 Å². The van der Waals surface area contributed by atoms with Crippen molar-refractivity contribution in [3.8, 4) is 0 Å². The number of rotatable bonds is 3. The Morgan fingerprint density at radius 3 is 2.32 bits per heavy atom. The van der Waals surface area contributed by atoms with Crippen LogP contribution in [0.25, 0.3) is 0 Å². The van der Waals surface area contributed by atoms with Crippen LogP contribution < -0.4 is 5.32 Å². The molecule has 1 amide bonds. The predicted octanol–water partition coefficient (Wildman–Crippen LogP) is 1.75. The van der Waals surface area contributed by atoms with Gasteiger partial charge in [0.2, 0.25) is 0 Å². The summed E-state index contributed by atoms with van der Waals surface area (Å²) in [4.78, 5) is 23.7. The predicted molar refractivity (Wildman–Crippen MR) is 68.8 cm³/mol. The highest BCUT2D eigenvalue weighted by molar-refractivity contribution is 5.93. The molecule has 0 aliphatic heterocycles. The van der Waals surface area contributed by atoms with Crippen LogP contribution in [0.4, 0.5) is 0 Å². The fraction of sp³-hybridized carbons (Fsp3) is 0.615. The van der Waals surface area contributed by atoms with Crippen molar-refractivity contribution >= 4 is 11.9 Å². The summed E-state index contributed by atoms with van der Waals surface area (Å²) in [6.07, 6.45) is -0.875. The zero-order chi connectivity index (χ0) is 14.8. The summed E-state index contributed by atoms with van der Waals surface area (Å²) >= 11 is 0. The SMILES string of the molecule is Cc1noc(C)c1C(=O)O[C@@H](C)C(=O)NC(C)(C)C. The maximum absolute atomic E-state index is 11.9. The minimum Gasteiger partial charge on any atom is -0.449 e. The first kappa shape index (κ1) is 15.2. The number of amides is 1. The molecular formula is C13H20N2O4.